The van der Waals surface area contributed by atoms with E-state index in [9.17, 15) is 14.2 Å². The topological polar surface area (TPSA) is 150 Å². The second-order valence-corrected chi connectivity index (χ2v) is 7.53. The zero-order valence-corrected chi connectivity index (χ0v) is 14.8. The van der Waals surface area contributed by atoms with Crippen LogP contribution in [0.2, 0.25) is 0 Å². The molecule has 0 saturated carbocycles. The number of nitrogens with two attached hydrogens (primary N) is 1. The molecule has 0 unspecified atom stereocenters. The number of carbonyl (C=O) groups is 2. The summed E-state index contributed by atoms with van der Waals surface area (Å²) in [5.41, 5.74) is 6.72. The molecular weight excluding hydrogens is 347 g/mol. The maximum atomic E-state index is 11.9. The fraction of sp³-hybridized carbons (Fsp3) is 0.500. The van der Waals surface area contributed by atoms with E-state index in [1.807, 2.05) is 0 Å². The Morgan fingerprint density at radius 3 is 2.24 bits per heavy atom. The normalized spacial score (nSPS) is 12.6. The molecule has 0 aliphatic rings. The van der Waals surface area contributed by atoms with Gasteiger partial charge in [0.2, 0.25) is 5.91 Å². The average Bonchev–Trinajstić information content (AvgIpc) is 2.52. The second-order valence-electron chi connectivity index (χ2n) is 5.88. The monoisotopic (exact) mass is 372 g/mol. The van der Waals surface area contributed by atoms with Crippen molar-refractivity contribution in [1.82, 2.24) is 5.32 Å². The highest BCUT2D eigenvalue weighted by atomic mass is 31.2. The number of aliphatic carboxylic acids is 1. The number of hydrogen-bond donors (Lipinski definition) is 5. The fourth-order valence-corrected chi connectivity index (χ4v) is 3.01. The highest BCUT2D eigenvalue weighted by molar-refractivity contribution is 7.50. The van der Waals surface area contributed by atoms with Gasteiger partial charge >= 0.3 is 13.6 Å². The summed E-state index contributed by atoms with van der Waals surface area (Å²) in [6.07, 6.45) is 1.91. The van der Waals surface area contributed by atoms with Crippen molar-refractivity contribution < 1.29 is 29.0 Å². The van der Waals surface area contributed by atoms with Gasteiger partial charge in [0.15, 0.2) is 0 Å². The van der Waals surface area contributed by atoms with E-state index in [0.29, 0.717) is 37.8 Å². The van der Waals surface area contributed by atoms with Crippen molar-refractivity contribution in [2.24, 2.45) is 5.73 Å². The van der Waals surface area contributed by atoms with Crippen LogP contribution in [0.15, 0.2) is 24.3 Å². The molecule has 0 aliphatic heterocycles. The minimum Gasteiger partial charge on any atom is -0.480 e. The Morgan fingerprint density at radius 1 is 1.12 bits per heavy atom. The number of unbranched alkanes of at least 4 members (excludes halogenated alkanes) is 1. The summed E-state index contributed by atoms with van der Waals surface area (Å²) in [6.45, 7) is 0.484. The van der Waals surface area contributed by atoms with Gasteiger partial charge in [0, 0.05) is 6.42 Å². The Morgan fingerprint density at radius 2 is 1.72 bits per heavy atom. The van der Waals surface area contributed by atoms with Crippen LogP contribution < -0.4 is 11.1 Å². The van der Waals surface area contributed by atoms with Crippen LogP contribution in [0, 0.1) is 0 Å². The van der Waals surface area contributed by atoms with Crippen LogP contribution in [-0.4, -0.2) is 39.4 Å². The first-order valence-electron chi connectivity index (χ1n) is 8.06. The minimum atomic E-state index is -4.10. The van der Waals surface area contributed by atoms with Crippen LogP contribution in [0.3, 0.4) is 0 Å². The van der Waals surface area contributed by atoms with Crippen molar-refractivity contribution in [1.29, 1.82) is 0 Å². The van der Waals surface area contributed by atoms with Crippen LogP contribution in [0.4, 0.5) is 0 Å². The van der Waals surface area contributed by atoms with Crippen LogP contribution in [0.25, 0.3) is 0 Å². The molecular formula is C16H25N2O6P. The summed E-state index contributed by atoms with van der Waals surface area (Å²) in [5, 5.41) is 11.6. The third-order valence-electron chi connectivity index (χ3n) is 3.63. The van der Waals surface area contributed by atoms with Crippen molar-refractivity contribution in [2.75, 3.05) is 6.54 Å². The lowest BCUT2D eigenvalue weighted by atomic mass is 10.1. The molecule has 0 saturated heterocycles. The zero-order chi connectivity index (χ0) is 18.9. The molecule has 0 bridgehead atoms. The molecule has 9 heteroatoms. The van der Waals surface area contributed by atoms with E-state index in [1.54, 1.807) is 24.3 Å². The van der Waals surface area contributed by atoms with Crippen molar-refractivity contribution >= 4 is 19.5 Å². The predicted octanol–water partition coefficient (Wildman–Crippen LogP) is 0.995. The zero-order valence-electron chi connectivity index (χ0n) is 13.9. The van der Waals surface area contributed by atoms with Gasteiger partial charge < -0.3 is 25.9 Å². The van der Waals surface area contributed by atoms with Crippen LogP contribution in [0.1, 0.15) is 36.8 Å². The number of carboxylic acid groups (broad SMARTS) is 1. The van der Waals surface area contributed by atoms with Gasteiger partial charge in [0.25, 0.3) is 0 Å². The van der Waals surface area contributed by atoms with E-state index in [2.05, 4.69) is 5.32 Å². The van der Waals surface area contributed by atoms with E-state index in [4.69, 9.17) is 20.6 Å². The first-order valence-corrected chi connectivity index (χ1v) is 9.85. The smallest absolute Gasteiger partial charge is 0.329 e. The molecule has 0 spiro atoms. The van der Waals surface area contributed by atoms with E-state index in [1.165, 1.54) is 0 Å². The molecule has 1 amide bonds. The largest absolute Gasteiger partial charge is 0.480 e. The maximum Gasteiger partial charge on any atom is 0.329 e. The van der Waals surface area contributed by atoms with Gasteiger partial charge in [-0.15, -0.1) is 0 Å². The first-order chi connectivity index (χ1) is 11.7. The fourth-order valence-electron chi connectivity index (χ4n) is 2.32. The molecule has 0 aliphatic carbocycles. The Labute approximate surface area is 146 Å². The van der Waals surface area contributed by atoms with Gasteiger partial charge in [-0.3, -0.25) is 9.36 Å². The summed E-state index contributed by atoms with van der Waals surface area (Å²) in [4.78, 5) is 40.9. The number of hydrogen-bond acceptors (Lipinski definition) is 4. The molecule has 1 aromatic carbocycles. The van der Waals surface area contributed by atoms with E-state index in [-0.39, 0.29) is 18.5 Å². The van der Waals surface area contributed by atoms with Gasteiger partial charge in [-0.1, -0.05) is 24.3 Å². The summed E-state index contributed by atoms with van der Waals surface area (Å²) >= 11 is 0. The van der Waals surface area contributed by atoms with Crippen molar-refractivity contribution in [2.45, 2.75) is 44.3 Å². The minimum absolute atomic E-state index is 0.137. The third kappa shape index (κ3) is 9.36. The molecule has 0 heterocycles. The quantitative estimate of drug-likeness (QED) is 0.287. The van der Waals surface area contributed by atoms with E-state index < -0.39 is 19.6 Å². The maximum absolute atomic E-state index is 11.9. The molecule has 0 radical (unpaired) electrons. The molecule has 6 N–H and O–H groups in total. The first kappa shape index (κ1) is 21.3. The Hall–Kier alpha value is -1.73. The summed E-state index contributed by atoms with van der Waals surface area (Å²) < 4.78 is 10.9. The molecule has 1 aromatic rings. The van der Waals surface area contributed by atoms with Gasteiger partial charge in [-0.25, -0.2) is 4.79 Å². The van der Waals surface area contributed by atoms with E-state index in [0.717, 1.165) is 5.56 Å². The van der Waals surface area contributed by atoms with Gasteiger partial charge in [0.05, 0.1) is 6.16 Å². The lowest BCUT2D eigenvalue weighted by Crippen LogP contribution is -2.40. The number of carbonyl (C=O) groups excluding carboxylic acids is 1. The Bertz CT molecular complexity index is 614. The van der Waals surface area contributed by atoms with Crippen molar-refractivity contribution in [3.8, 4) is 0 Å². The molecule has 8 nitrogen and oxygen atoms in total. The van der Waals surface area contributed by atoms with Gasteiger partial charge in [-0.05, 0) is 43.4 Å². The van der Waals surface area contributed by atoms with Gasteiger partial charge in [-0.2, -0.15) is 0 Å². The molecule has 25 heavy (non-hydrogen) atoms. The standard InChI is InChI=1S/C16H25N2O6P/c17-10-2-1-3-14(16(20)21)18-15(19)9-8-12-4-6-13(7-5-12)11-25(22,23)24/h4-7,14H,1-3,8-11,17H2,(H,18,19)(H,20,21)(H2,22,23,24)/t14-/m0/s1. The lowest BCUT2D eigenvalue weighted by molar-refractivity contribution is -0.142. The van der Waals surface area contributed by atoms with Gasteiger partial charge in [0.1, 0.15) is 6.04 Å². The number of amides is 1. The summed E-state index contributed by atoms with van der Waals surface area (Å²) in [7, 11) is -4.10. The number of benzene rings is 1. The SMILES string of the molecule is NCCCC[C@H](NC(=O)CCc1ccc(CP(=O)(O)O)cc1)C(=O)O. The number of aryl methyl sites for hydroxylation is 1. The van der Waals surface area contributed by atoms with Crippen molar-refractivity contribution in [3.63, 3.8) is 0 Å². The van der Waals surface area contributed by atoms with Crippen LogP contribution in [-0.2, 0) is 26.7 Å². The molecule has 0 aromatic heterocycles. The molecule has 140 valence electrons. The average molecular weight is 372 g/mol. The van der Waals surface area contributed by atoms with E-state index >= 15 is 0 Å². The number of rotatable bonds is 11. The summed E-state index contributed by atoms with van der Waals surface area (Å²) in [5.74, 6) is -1.41. The molecule has 1 rings (SSSR count). The highest BCUT2D eigenvalue weighted by Crippen LogP contribution is 2.38. The summed E-state index contributed by atoms with van der Waals surface area (Å²) in [6, 6.07) is 5.71. The van der Waals surface area contributed by atoms with Crippen LogP contribution >= 0.6 is 7.60 Å². The predicted molar refractivity (Wildman–Crippen MR) is 93.0 cm³/mol. The Balaban J connectivity index is 2.46. The second kappa shape index (κ2) is 10.3. The number of nitrogens with one attached hydrogen (secondary N) is 1. The molecule has 1 atom stereocenters. The third-order valence-corrected chi connectivity index (χ3v) is 4.41. The lowest BCUT2D eigenvalue weighted by Gasteiger charge is -2.14. The van der Waals surface area contributed by atoms with Crippen LogP contribution in [0.5, 0.6) is 0 Å². The molecule has 0 fully saturated rings. The number of carboxylic acids is 1. The van der Waals surface area contributed by atoms with Crippen molar-refractivity contribution in [3.05, 3.63) is 35.4 Å². The highest BCUT2D eigenvalue weighted by Gasteiger charge is 2.19. The Kier molecular flexibility index (Phi) is 8.78.